The lowest BCUT2D eigenvalue weighted by Gasteiger charge is -2.33. The van der Waals surface area contributed by atoms with Crippen molar-refractivity contribution in [1.29, 1.82) is 0 Å². The smallest absolute Gasteiger partial charge is 0.318 e. The second-order valence-electron chi connectivity index (χ2n) is 4.56. The maximum atomic E-state index is 11.6. The first-order chi connectivity index (χ1) is 9.53. The summed E-state index contributed by atoms with van der Waals surface area (Å²) in [5.41, 5.74) is -0.481. The molecule has 2 N–H and O–H groups in total. The molecule has 0 aliphatic heterocycles. The van der Waals surface area contributed by atoms with Crippen molar-refractivity contribution in [3.8, 4) is 0 Å². The average molecular weight is 270 g/mol. The third-order valence-electron chi connectivity index (χ3n) is 3.50. The van der Waals surface area contributed by atoms with Gasteiger partial charge in [0.1, 0.15) is 11.3 Å². The molecule has 1 aliphatic carbocycles. The molecule has 2 unspecified atom stereocenters. The summed E-state index contributed by atoms with van der Waals surface area (Å²) < 4.78 is 0. The van der Waals surface area contributed by atoms with Crippen molar-refractivity contribution >= 4 is 17.5 Å². The standard InChI is InChI=1S/C16H14O4/c1-2-16(15(19)20)10-6-9-12(13(16)14(17)18)11-7-4-3-5-8-11/h2-10,13H,1H2,(H,17,18)(H,19,20). The summed E-state index contributed by atoms with van der Waals surface area (Å²) >= 11 is 0. The van der Waals surface area contributed by atoms with E-state index in [4.69, 9.17) is 0 Å². The van der Waals surface area contributed by atoms with E-state index in [0.717, 1.165) is 0 Å². The molecule has 1 aromatic rings. The molecule has 4 nitrogen and oxygen atoms in total. The van der Waals surface area contributed by atoms with Gasteiger partial charge in [0.05, 0.1) is 0 Å². The molecule has 0 aromatic heterocycles. The van der Waals surface area contributed by atoms with E-state index in [1.807, 2.05) is 6.07 Å². The molecule has 0 heterocycles. The molecule has 4 heteroatoms. The monoisotopic (exact) mass is 270 g/mol. The van der Waals surface area contributed by atoms with Crippen molar-refractivity contribution in [2.75, 3.05) is 0 Å². The van der Waals surface area contributed by atoms with Crippen LogP contribution in [-0.4, -0.2) is 22.2 Å². The minimum absolute atomic E-state index is 0.461. The number of hydrogen-bond acceptors (Lipinski definition) is 2. The minimum atomic E-state index is -1.63. The molecular weight excluding hydrogens is 256 g/mol. The summed E-state index contributed by atoms with van der Waals surface area (Å²) in [5.74, 6) is -3.62. The SMILES string of the molecule is C=CC1(C(=O)O)C=CC=C(c2ccccc2)C1C(=O)O. The summed E-state index contributed by atoms with van der Waals surface area (Å²) in [6.07, 6.45) is 5.75. The normalized spacial score (nSPS) is 24.8. The summed E-state index contributed by atoms with van der Waals surface area (Å²) in [4.78, 5) is 23.2. The molecular formula is C16H14O4. The number of rotatable bonds is 4. The highest BCUT2D eigenvalue weighted by atomic mass is 16.4. The van der Waals surface area contributed by atoms with Crippen LogP contribution >= 0.6 is 0 Å². The van der Waals surface area contributed by atoms with Crippen LogP contribution in [0.3, 0.4) is 0 Å². The van der Waals surface area contributed by atoms with E-state index in [1.54, 1.807) is 36.4 Å². The van der Waals surface area contributed by atoms with Gasteiger partial charge in [-0.3, -0.25) is 9.59 Å². The fourth-order valence-corrected chi connectivity index (χ4v) is 2.46. The number of carbonyl (C=O) groups is 2. The highest BCUT2D eigenvalue weighted by Crippen LogP contribution is 2.43. The highest BCUT2D eigenvalue weighted by molar-refractivity contribution is 5.98. The molecule has 0 radical (unpaired) electrons. The van der Waals surface area contributed by atoms with Crippen LogP contribution in [0, 0.1) is 11.3 Å². The van der Waals surface area contributed by atoms with Crippen LogP contribution in [0.2, 0.25) is 0 Å². The van der Waals surface area contributed by atoms with Gasteiger partial charge in [-0.05, 0) is 11.1 Å². The van der Waals surface area contributed by atoms with Crippen molar-refractivity contribution in [2.45, 2.75) is 0 Å². The van der Waals surface area contributed by atoms with Gasteiger partial charge in [-0.15, -0.1) is 6.58 Å². The number of aliphatic carboxylic acids is 2. The summed E-state index contributed by atoms with van der Waals surface area (Å²) in [5, 5.41) is 19.0. The van der Waals surface area contributed by atoms with Gasteiger partial charge in [0, 0.05) is 0 Å². The molecule has 2 atom stereocenters. The zero-order chi connectivity index (χ0) is 14.8. The maximum absolute atomic E-state index is 11.6. The molecule has 2 rings (SSSR count). The zero-order valence-electron chi connectivity index (χ0n) is 10.7. The van der Waals surface area contributed by atoms with Gasteiger partial charge in [-0.25, -0.2) is 0 Å². The van der Waals surface area contributed by atoms with Crippen molar-refractivity contribution in [2.24, 2.45) is 11.3 Å². The van der Waals surface area contributed by atoms with E-state index in [0.29, 0.717) is 11.1 Å². The molecule has 1 aromatic carbocycles. The predicted molar refractivity (Wildman–Crippen MR) is 75.0 cm³/mol. The number of carboxylic acid groups (broad SMARTS) is 2. The van der Waals surface area contributed by atoms with Crippen LogP contribution in [0.15, 0.2) is 61.2 Å². The van der Waals surface area contributed by atoms with E-state index in [-0.39, 0.29) is 0 Å². The largest absolute Gasteiger partial charge is 0.481 e. The van der Waals surface area contributed by atoms with Gasteiger partial charge in [-0.1, -0.05) is 54.6 Å². The molecule has 0 saturated carbocycles. The first-order valence-electron chi connectivity index (χ1n) is 6.07. The first kappa shape index (κ1) is 13.8. The Morgan fingerprint density at radius 1 is 1.20 bits per heavy atom. The molecule has 0 saturated heterocycles. The second-order valence-corrected chi connectivity index (χ2v) is 4.56. The first-order valence-corrected chi connectivity index (χ1v) is 6.07. The lowest BCUT2D eigenvalue weighted by atomic mass is 9.67. The molecule has 0 bridgehead atoms. The number of benzene rings is 1. The summed E-state index contributed by atoms with van der Waals surface area (Å²) in [6, 6.07) is 8.90. The average Bonchev–Trinajstić information content (AvgIpc) is 2.46. The van der Waals surface area contributed by atoms with E-state index >= 15 is 0 Å². The fourth-order valence-electron chi connectivity index (χ4n) is 2.46. The Labute approximate surface area is 116 Å². The van der Waals surface area contributed by atoms with E-state index in [2.05, 4.69) is 6.58 Å². The molecule has 1 aliphatic rings. The molecule has 0 amide bonds. The lowest BCUT2D eigenvalue weighted by Crippen LogP contribution is -2.41. The number of allylic oxidation sites excluding steroid dienone is 2. The van der Waals surface area contributed by atoms with E-state index in [1.165, 1.54) is 12.2 Å². The van der Waals surface area contributed by atoms with Gasteiger partial charge in [-0.2, -0.15) is 0 Å². The fraction of sp³-hybridized carbons (Fsp3) is 0.125. The van der Waals surface area contributed by atoms with Crippen molar-refractivity contribution < 1.29 is 19.8 Å². The van der Waals surface area contributed by atoms with E-state index < -0.39 is 23.3 Å². The number of carboxylic acids is 2. The second kappa shape index (κ2) is 5.17. The van der Waals surface area contributed by atoms with Gasteiger partial charge < -0.3 is 10.2 Å². The Kier molecular flexibility index (Phi) is 3.57. The Morgan fingerprint density at radius 2 is 1.85 bits per heavy atom. The topological polar surface area (TPSA) is 74.6 Å². The van der Waals surface area contributed by atoms with Crippen molar-refractivity contribution in [1.82, 2.24) is 0 Å². The van der Waals surface area contributed by atoms with Crippen LogP contribution in [0.4, 0.5) is 0 Å². The van der Waals surface area contributed by atoms with E-state index in [9.17, 15) is 19.8 Å². The Balaban J connectivity index is 2.61. The quantitative estimate of drug-likeness (QED) is 0.825. The maximum Gasteiger partial charge on any atom is 0.318 e. The molecule has 0 spiro atoms. The van der Waals surface area contributed by atoms with Crippen LogP contribution in [0.25, 0.3) is 5.57 Å². The molecule has 0 fully saturated rings. The van der Waals surface area contributed by atoms with Gasteiger partial charge in [0.15, 0.2) is 0 Å². The Morgan fingerprint density at radius 3 is 2.35 bits per heavy atom. The van der Waals surface area contributed by atoms with Crippen LogP contribution < -0.4 is 0 Å². The summed E-state index contributed by atoms with van der Waals surface area (Å²) in [7, 11) is 0. The highest BCUT2D eigenvalue weighted by Gasteiger charge is 2.48. The van der Waals surface area contributed by atoms with Crippen LogP contribution in [0.1, 0.15) is 5.56 Å². The lowest BCUT2D eigenvalue weighted by molar-refractivity contribution is -0.153. The van der Waals surface area contributed by atoms with Crippen LogP contribution in [-0.2, 0) is 9.59 Å². The third-order valence-corrected chi connectivity index (χ3v) is 3.50. The predicted octanol–water partition coefficient (Wildman–Crippen LogP) is 2.60. The minimum Gasteiger partial charge on any atom is -0.481 e. The Bertz CT molecular complexity index is 613. The van der Waals surface area contributed by atoms with Gasteiger partial charge >= 0.3 is 11.9 Å². The zero-order valence-corrected chi connectivity index (χ0v) is 10.7. The number of hydrogen-bond donors (Lipinski definition) is 2. The van der Waals surface area contributed by atoms with Crippen molar-refractivity contribution in [3.63, 3.8) is 0 Å². The van der Waals surface area contributed by atoms with Crippen molar-refractivity contribution in [3.05, 3.63) is 66.8 Å². The molecule has 20 heavy (non-hydrogen) atoms. The molecule has 102 valence electrons. The van der Waals surface area contributed by atoms with Gasteiger partial charge in [0.25, 0.3) is 0 Å². The Hall–Kier alpha value is -2.62. The third kappa shape index (κ3) is 2.05. The summed E-state index contributed by atoms with van der Waals surface area (Å²) in [6.45, 7) is 3.52. The van der Waals surface area contributed by atoms with Gasteiger partial charge in [0.2, 0.25) is 0 Å². The van der Waals surface area contributed by atoms with Crippen LogP contribution in [0.5, 0.6) is 0 Å².